The van der Waals surface area contributed by atoms with Crippen molar-refractivity contribution in [3.63, 3.8) is 0 Å². The van der Waals surface area contributed by atoms with Gasteiger partial charge in [-0.05, 0) is 151 Å². The van der Waals surface area contributed by atoms with Crippen LogP contribution in [0.15, 0.2) is 122 Å². The molecule has 18 rings (SSSR count). The maximum absolute atomic E-state index is 13.2. The SMILES string of the molecule is CC(=O)NCCN1CCN(c2cc(Cl)cc3[nH]ncc23)CC1(C)C.CC1(C)CN(c2cc(Cl)cc3[nH]ncc23)CCC12NC(=O)NC2=O.CC1(C)CN(c2cc(Cl)cc3[nH]ncc23)CCN1CCNS(C)(=O)=O.CCS(=O)(=O)N1CCC(c2cc(Cl)cc3[nH]ncc23)CC1.O=C1N(c2ccccc2)CNC12CCN(c1cc(Cl)cc3[nH]ncc13)CC2. The third-order valence-corrected chi connectivity index (χ3v) is 28.3. The molecule has 7 aliphatic heterocycles. The van der Waals surface area contributed by atoms with Gasteiger partial charge in [-0.15, -0.1) is 0 Å². The fourth-order valence-corrected chi connectivity index (χ4v) is 20.7. The Labute approximate surface area is 728 Å². The normalized spacial score (nSPS) is 20.1. The summed E-state index contributed by atoms with van der Waals surface area (Å²) in [6.45, 7) is 28.6. The van der Waals surface area contributed by atoms with E-state index in [1.165, 1.54) is 11.8 Å². The van der Waals surface area contributed by atoms with Crippen LogP contribution in [-0.4, -0.2) is 251 Å². The highest BCUT2D eigenvalue weighted by molar-refractivity contribution is 7.89. The first-order valence-corrected chi connectivity index (χ1v) is 46.0. The maximum Gasteiger partial charge on any atom is 0.322 e. The summed E-state index contributed by atoms with van der Waals surface area (Å²) < 4.78 is 50.5. The topological polar surface area (TPSA) is 366 Å². The van der Waals surface area contributed by atoms with E-state index in [1.807, 2.05) is 135 Å². The van der Waals surface area contributed by atoms with Gasteiger partial charge in [-0.25, -0.2) is 30.7 Å². The monoisotopic (exact) mass is 1790 g/mol. The summed E-state index contributed by atoms with van der Waals surface area (Å²) in [5.74, 6) is 0.449. The average molecular weight is 1790 g/mol. The number of amides is 5. The van der Waals surface area contributed by atoms with Crippen LogP contribution < -0.4 is 50.5 Å². The third kappa shape index (κ3) is 19.5. The molecule has 31 nitrogen and oxygen atoms in total. The number of para-hydroxylation sites is 1. The van der Waals surface area contributed by atoms with Crippen molar-refractivity contribution < 1.29 is 36.0 Å². The number of benzene rings is 6. The van der Waals surface area contributed by atoms with Crippen molar-refractivity contribution in [2.75, 3.05) is 148 Å². The second-order valence-corrected chi connectivity index (χ2v) is 40.1. The third-order valence-electron chi connectivity index (χ3n) is 24.6. The zero-order valence-corrected chi connectivity index (χ0v) is 74.6. The van der Waals surface area contributed by atoms with E-state index in [9.17, 15) is 36.0 Å². The Kier molecular flexibility index (Phi) is 26.2. The highest BCUT2D eigenvalue weighted by Gasteiger charge is 2.59. The van der Waals surface area contributed by atoms with Crippen LogP contribution in [0.5, 0.6) is 0 Å². The number of H-pyrrole nitrogens is 5. The van der Waals surface area contributed by atoms with Gasteiger partial charge in [0, 0.05) is 209 Å². The van der Waals surface area contributed by atoms with Gasteiger partial charge in [0.1, 0.15) is 11.1 Å². The van der Waals surface area contributed by atoms with Crippen LogP contribution in [0.2, 0.25) is 25.1 Å². The Morgan fingerprint density at radius 2 is 0.942 bits per heavy atom. The molecule has 38 heteroatoms. The Morgan fingerprint density at radius 3 is 1.36 bits per heavy atom. The van der Waals surface area contributed by atoms with Crippen molar-refractivity contribution in [3.05, 3.63) is 153 Å². The molecule has 121 heavy (non-hydrogen) atoms. The molecule has 646 valence electrons. The molecule has 7 fully saturated rings. The number of halogens is 5. The van der Waals surface area contributed by atoms with Gasteiger partial charge >= 0.3 is 6.03 Å². The van der Waals surface area contributed by atoms with Crippen molar-refractivity contribution in [2.45, 2.75) is 116 Å². The van der Waals surface area contributed by atoms with E-state index >= 15 is 0 Å². The molecule has 10 N–H and O–H groups in total. The first-order valence-electron chi connectivity index (χ1n) is 40.6. The van der Waals surface area contributed by atoms with Crippen LogP contribution in [-0.2, 0) is 34.4 Å². The van der Waals surface area contributed by atoms with E-state index in [4.69, 9.17) is 58.0 Å². The summed E-state index contributed by atoms with van der Waals surface area (Å²) in [6, 6.07) is 28.7. The lowest BCUT2D eigenvalue weighted by atomic mass is 9.67. The zero-order valence-electron chi connectivity index (χ0n) is 69.2. The van der Waals surface area contributed by atoms with E-state index in [1.54, 1.807) is 24.3 Å². The highest BCUT2D eigenvalue weighted by Crippen LogP contribution is 2.45. The number of fused-ring (bicyclic) bond motifs is 5. The van der Waals surface area contributed by atoms with Gasteiger partial charge in [0.2, 0.25) is 31.9 Å². The molecule has 0 saturated carbocycles. The molecule has 0 aliphatic carbocycles. The van der Waals surface area contributed by atoms with Gasteiger partial charge in [0.25, 0.3) is 5.91 Å². The number of carbonyl (C=O) groups excluding carboxylic acids is 4. The molecule has 1 atom stereocenters. The Bertz CT molecular complexity index is 5850. The molecule has 7 aliphatic rings. The molecule has 0 bridgehead atoms. The molecule has 11 aromatic rings. The number of anilines is 5. The summed E-state index contributed by atoms with van der Waals surface area (Å²) in [7, 11) is -6.23. The Balaban J connectivity index is 0.000000124. The first-order chi connectivity index (χ1) is 57.5. The summed E-state index contributed by atoms with van der Waals surface area (Å²) in [5.41, 5.74) is 9.16. The molecule has 2 spiro atoms. The minimum atomic E-state index is -3.15. The van der Waals surface area contributed by atoms with Crippen LogP contribution in [0.1, 0.15) is 99.0 Å². The second-order valence-electron chi connectivity index (χ2n) is 33.9. The zero-order chi connectivity index (χ0) is 86.1. The van der Waals surface area contributed by atoms with Gasteiger partial charge in [0.05, 0.1) is 77.2 Å². The van der Waals surface area contributed by atoms with E-state index in [0.29, 0.717) is 89.9 Å². The van der Waals surface area contributed by atoms with Gasteiger partial charge < -0.3 is 30.2 Å². The number of urea groups is 1. The van der Waals surface area contributed by atoms with E-state index in [2.05, 4.69) is 134 Å². The standard InChI is InChI=1S/C20H20ClN5O.C17H24ClN5O.C16H24ClN5O2S.C16H18ClN5O2.C14H18ClN3O2S/c21-14-10-17-16(12-23-24-17)18(11-14)25-8-6-20(7-9-25)19(27)26(13-22-20)15-4-2-1-3-5-15;1-12(24)19-4-5-23-7-6-22(11-17(23,2)3)16-9-13(18)8-15-14(16)10-20-21-15;1-16(2)11-21(6-7-22(16)5-4-19-25(3,23)24)15-9-12(17)8-14-13(15)10-18-20-14;1-15(2)8-22(4-3-16(15)13(23)19-14(24)20-16)12-6-9(17)5-11-10(12)7-18-21-11;1-2-21(19,20)18-5-3-10(4-6-18)12-7-11(15)8-14-13(12)9-16-17-14/h1-5,10-12,22H,6-9,13H2,(H,23,24);8-10H,4-7,11H2,1-3H3,(H,19,24)(H,20,21);8-10,19H,4-7,11H2,1-3H3,(H,18,20);5-7H,3-4,8H2,1-2H3,(H,18,21)(H2,19,20,23,24);7-10H,2-6H2,1H3,(H,16,17). The minimum absolute atomic E-state index is 0.00902. The molecular formula is C83H104Cl5N23O8S2. The quantitative estimate of drug-likeness (QED) is 0.0426. The van der Waals surface area contributed by atoms with Crippen molar-refractivity contribution in [2.24, 2.45) is 5.41 Å². The second kappa shape index (κ2) is 36.0. The number of aromatic amines is 5. The van der Waals surface area contributed by atoms with Crippen LogP contribution in [0.4, 0.5) is 33.2 Å². The highest BCUT2D eigenvalue weighted by atomic mass is 35.5. The molecule has 6 aromatic carbocycles. The lowest BCUT2D eigenvalue weighted by Gasteiger charge is -2.50. The summed E-state index contributed by atoms with van der Waals surface area (Å²) in [4.78, 5) is 64.1. The number of sulfonamides is 2. The number of nitrogens with zero attached hydrogens (tertiary/aromatic N) is 13. The van der Waals surface area contributed by atoms with Crippen molar-refractivity contribution in [1.82, 2.24) is 91.1 Å². The number of aromatic nitrogens is 10. The first kappa shape index (κ1) is 88.2. The number of hydrogen-bond donors (Lipinski definition) is 10. The van der Waals surface area contributed by atoms with Crippen LogP contribution in [0.3, 0.4) is 0 Å². The molecule has 1 unspecified atom stereocenters. The Hall–Kier alpha value is -9.10. The number of carbonyl (C=O) groups is 4. The van der Waals surface area contributed by atoms with Crippen molar-refractivity contribution in [1.29, 1.82) is 0 Å². The molecule has 5 amide bonds. The van der Waals surface area contributed by atoms with Crippen LogP contribution in [0.25, 0.3) is 54.5 Å². The average Bonchev–Trinajstić information content (AvgIpc) is 1.61. The summed E-state index contributed by atoms with van der Waals surface area (Å²) in [5, 5.41) is 55.7. The maximum atomic E-state index is 13.2. The minimum Gasteiger partial charge on any atom is -0.371 e. The Morgan fingerprint density at radius 1 is 0.521 bits per heavy atom. The number of imide groups is 1. The molecular weight excluding hydrogens is 1690 g/mol. The fourth-order valence-electron chi connectivity index (χ4n) is 18.1. The summed E-state index contributed by atoms with van der Waals surface area (Å²) in [6.07, 6.45) is 14.0. The summed E-state index contributed by atoms with van der Waals surface area (Å²) >= 11 is 31.2. The number of hydrogen-bond acceptors (Lipinski definition) is 20. The van der Waals surface area contributed by atoms with Crippen LogP contribution in [0, 0.1) is 5.41 Å². The largest absolute Gasteiger partial charge is 0.371 e. The van der Waals surface area contributed by atoms with E-state index in [0.717, 1.165) is 168 Å². The molecule has 0 radical (unpaired) electrons. The molecule has 5 aromatic heterocycles. The number of piperazine rings is 2. The predicted molar refractivity (Wildman–Crippen MR) is 482 cm³/mol. The van der Waals surface area contributed by atoms with E-state index in [-0.39, 0.29) is 34.6 Å². The predicted octanol–water partition coefficient (Wildman–Crippen LogP) is 11.8. The van der Waals surface area contributed by atoms with Crippen LogP contribution >= 0.6 is 58.0 Å². The fraction of sp³-hybridized carbons (Fsp3) is 0.458. The van der Waals surface area contributed by atoms with Gasteiger partial charge in [-0.1, -0.05) is 90.1 Å². The van der Waals surface area contributed by atoms with Gasteiger partial charge in [-0.2, -0.15) is 25.5 Å². The number of rotatable bonds is 15. The van der Waals surface area contributed by atoms with Gasteiger partial charge in [-0.3, -0.25) is 65.2 Å². The molecule has 7 saturated heterocycles. The van der Waals surface area contributed by atoms with E-state index < -0.39 is 42.6 Å². The van der Waals surface area contributed by atoms with Crippen molar-refractivity contribution >= 4 is 185 Å². The number of piperidine rings is 3. The lowest BCUT2D eigenvalue weighted by molar-refractivity contribution is -0.129. The molecule has 12 heterocycles. The van der Waals surface area contributed by atoms with Gasteiger partial charge in [0.15, 0.2) is 0 Å². The van der Waals surface area contributed by atoms with Crippen molar-refractivity contribution in [3.8, 4) is 0 Å². The number of nitrogens with one attached hydrogen (secondary N) is 10. The smallest absolute Gasteiger partial charge is 0.322 e. The lowest BCUT2D eigenvalue weighted by Crippen LogP contribution is -2.66.